The molecule has 0 spiro atoms. The molecule has 0 atom stereocenters. The summed E-state index contributed by atoms with van der Waals surface area (Å²) in [6, 6.07) is 14.6. The van der Waals surface area contributed by atoms with Crippen LogP contribution in [0.15, 0.2) is 53.1 Å². The summed E-state index contributed by atoms with van der Waals surface area (Å²) >= 11 is 0. The standard InChI is InChI=1S/C23H23N5O4/c1-14-24-22(32-27-14)11-15-7-5-6-8-18(15)25-23(29)20-13-19(26-28(20)2)17-12-16(30-3)9-10-21(17)31-4/h5-10,12-13H,11H2,1-4H3,(H,25,29). The van der Waals surface area contributed by atoms with Crippen LogP contribution in [0.2, 0.25) is 0 Å². The van der Waals surface area contributed by atoms with Gasteiger partial charge < -0.3 is 19.3 Å². The number of ether oxygens (including phenoxy) is 2. The number of para-hydroxylation sites is 1. The van der Waals surface area contributed by atoms with Crippen LogP contribution in [-0.4, -0.2) is 40.0 Å². The van der Waals surface area contributed by atoms with Crippen molar-refractivity contribution in [1.82, 2.24) is 19.9 Å². The molecule has 4 rings (SSSR count). The third kappa shape index (κ3) is 4.31. The van der Waals surface area contributed by atoms with Crippen LogP contribution in [0, 0.1) is 6.92 Å². The zero-order chi connectivity index (χ0) is 22.7. The van der Waals surface area contributed by atoms with Gasteiger partial charge in [0.1, 0.15) is 17.2 Å². The summed E-state index contributed by atoms with van der Waals surface area (Å²) < 4.78 is 17.5. The number of aryl methyl sites for hydroxylation is 2. The predicted molar refractivity (Wildman–Crippen MR) is 118 cm³/mol. The monoisotopic (exact) mass is 433 g/mol. The molecule has 0 bridgehead atoms. The smallest absolute Gasteiger partial charge is 0.273 e. The second-order valence-electron chi connectivity index (χ2n) is 7.13. The van der Waals surface area contributed by atoms with Gasteiger partial charge in [0.05, 0.1) is 26.3 Å². The van der Waals surface area contributed by atoms with Gasteiger partial charge in [0.2, 0.25) is 5.89 Å². The van der Waals surface area contributed by atoms with E-state index in [0.29, 0.717) is 46.7 Å². The van der Waals surface area contributed by atoms with Crippen molar-refractivity contribution in [3.63, 3.8) is 0 Å². The largest absolute Gasteiger partial charge is 0.497 e. The number of anilines is 1. The number of hydrogen-bond donors (Lipinski definition) is 1. The van der Waals surface area contributed by atoms with E-state index in [1.165, 1.54) is 4.68 Å². The molecule has 0 aliphatic heterocycles. The van der Waals surface area contributed by atoms with Crippen LogP contribution in [0.1, 0.15) is 27.8 Å². The number of carbonyl (C=O) groups excluding carboxylic acids is 1. The topological polar surface area (TPSA) is 104 Å². The van der Waals surface area contributed by atoms with E-state index in [1.54, 1.807) is 46.4 Å². The first-order chi connectivity index (χ1) is 15.5. The fourth-order valence-corrected chi connectivity index (χ4v) is 3.38. The fourth-order valence-electron chi connectivity index (χ4n) is 3.38. The van der Waals surface area contributed by atoms with Crippen molar-refractivity contribution in [3.8, 4) is 22.8 Å². The molecule has 9 heteroatoms. The van der Waals surface area contributed by atoms with E-state index in [-0.39, 0.29) is 5.91 Å². The van der Waals surface area contributed by atoms with Crippen molar-refractivity contribution >= 4 is 11.6 Å². The molecule has 9 nitrogen and oxygen atoms in total. The van der Waals surface area contributed by atoms with E-state index >= 15 is 0 Å². The van der Waals surface area contributed by atoms with Crippen molar-refractivity contribution in [2.75, 3.05) is 19.5 Å². The number of nitrogens with zero attached hydrogens (tertiary/aromatic N) is 4. The van der Waals surface area contributed by atoms with Gasteiger partial charge in [0.15, 0.2) is 5.82 Å². The number of aromatic nitrogens is 4. The molecule has 2 heterocycles. The normalized spacial score (nSPS) is 10.8. The Kier molecular flexibility index (Phi) is 5.89. The Bertz CT molecular complexity index is 1260. The van der Waals surface area contributed by atoms with Gasteiger partial charge in [-0.1, -0.05) is 23.4 Å². The predicted octanol–water partition coefficient (Wildman–Crippen LogP) is 3.64. The lowest BCUT2D eigenvalue weighted by atomic mass is 10.1. The highest BCUT2D eigenvalue weighted by Gasteiger charge is 2.19. The van der Waals surface area contributed by atoms with E-state index < -0.39 is 0 Å². The maximum absolute atomic E-state index is 13.1. The number of methoxy groups -OCH3 is 2. The van der Waals surface area contributed by atoms with Gasteiger partial charge in [0, 0.05) is 18.3 Å². The highest BCUT2D eigenvalue weighted by Crippen LogP contribution is 2.33. The first-order valence-electron chi connectivity index (χ1n) is 9.93. The summed E-state index contributed by atoms with van der Waals surface area (Å²) in [5.41, 5.74) is 3.25. The van der Waals surface area contributed by atoms with Crippen LogP contribution in [0.3, 0.4) is 0 Å². The van der Waals surface area contributed by atoms with E-state index in [2.05, 4.69) is 20.6 Å². The number of nitrogens with one attached hydrogen (secondary N) is 1. The molecule has 2 aromatic carbocycles. The second kappa shape index (κ2) is 8.93. The molecule has 0 fully saturated rings. The molecular formula is C23H23N5O4. The van der Waals surface area contributed by atoms with Crippen LogP contribution in [0.25, 0.3) is 11.3 Å². The fraction of sp³-hybridized carbons (Fsp3) is 0.217. The number of hydrogen-bond acceptors (Lipinski definition) is 7. The Labute approximate surface area is 185 Å². The van der Waals surface area contributed by atoms with Gasteiger partial charge in [0.25, 0.3) is 5.91 Å². The molecule has 0 radical (unpaired) electrons. The highest BCUT2D eigenvalue weighted by molar-refractivity contribution is 6.04. The van der Waals surface area contributed by atoms with Crippen molar-refractivity contribution in [1.29, 1.82) is 0 Å². The molecule has 0 aliphatic carbocycles. The summed E-state index contributed by atoms with van der Waals surface area (Å²) in [7, 11) is 4.90. The molecule has 164 valence electrons. The van der Waals surface area contributed by atoms with Gasteiger partial charge in [-0.05, 0) is 42.8 Å². The first kappa shape index (κ1) is 21.1. The summed E-state index contributed by atoms with van der Waals surface area (Å²) in [4.78, 5) is 17.3. The number of rotatable bonds is 7. The molecule has 4 aromatic rings. The molecule has 32 heavy (non-hydrogen) atoms. The van der Waals surface area contributed by atoms with E-state index in [1.807, 2.05) is 30.3 Å². The molecule has 0 saturated carbocycles. The molecule has 0 aliphatic rings. The van der Waals surface area contributed by atoms with Crippen LogP contribution >= 0.6 is 0 Å². The Balaban J connectivity index is 1.61. The van der Waals surface area contributed by atoms with Crippen molar-refractivity contribution in [2.45, 2.75) is 13.3 Å². The molecule has 1 amide bonds. The lowest BCUT2D eigenvalue weighted by Gasteiger charge is -2.09. The molecule has 0 saturated heterocycles. The quantitative estimate of drug-likeness (QED) is 0.474. The third-order valence-electron chi connectivity index (χ3n) is 4.97. The van der Waals surface area contributed by atoms with Gasteiger partial charge >= 0.3 is 0 Å². The number of benzene rings is 2. The van der Waals surface area contributed by atoms with E-state index in [4.69, 9.17) is 14.0 Å². The summed E-state index contributed by atoms with van der Waals surface area (Å²) in [5.74, 6) is 2.06. The summed E-state index contributed by atoms with van der Waals surface area (Å²) in [6.45, 7) is 1.76. The second-order valence-corrected chi connectivity index (χ2v) is 7.13. The van der Waals surface area contributed by atoms with Crippen LogP contribution in [-0.2, 0) is 13.5 Å². The van der Waals surface area contributed by atoms with E-state index in [9.17, 15) is 4.79 Å². The lowest BCUT2D eigenvalue weighted by molar-refractivity contribution is 0.101. The summed E-state index contributed by atoms with van der Waals surface area (Å²) in [6.07, 6.45) is 0.412. The van der Waals surface area contributed by atoms with Gasteiger partial charge in [-0.25, -0.2) is 0 Å². The third-order valence-corrected chi connectivity index (χ3v) is 4.97. The maximum atomic E-state index is 13.1. The average Bonchev–Trinajstić information content (AvgIpc) is 3.39. The molecule has 0 unspecified atom stereocenters. The minimum absolute atomic E-state index is 0.290. The molecular weight excluding hydrogens is 410 g/mol. The van der Waals surface area contributed by atoms with Gasteiger partial charge in [-0.3, -0.25) is 9.48 Å². The Morgan fingerprint density at radius 1 is 1.12 bits per heavy atom. The van der Waals surface area contributed by atoms with E-state index in [0.717, 1.165) is 11.1 Å². The van der Waals surface area contributed by atoms with Gasteiger partial charge in [-0.15, -0.1) is 0 Å². The van der Waals surface area contributed by atoms with Crippen LogP contribution < -0.4 is 14.8 Å². The maximum Gasteiger partial charge on any atom is 0.273 e. The summed E-state index contributed by atoms with van der Waals surface area (Å²) in [5, 5.41) is 11.3. The average molecular weight is 433 g/mol. The molecule has 2 aromatic heterocycles. The highest BCUT2D eigenvalue weighted by atomic mass is 16.5. The van der Waals surface area contributed by atoms with Crippen molar-refractivity contribution < 1.29 is 18.8 Å². The minimum atomic E-state index is -0.290. The minimum Gasteiger partial charge on any atom is -0.497 e. The van der Waals surface area contributed by atoms with Crippen LogP contribution in [0.5, 0.6) is 11.5 Å². The Hall–Kier alpha value is -4.14. The zero-order valence-electron chi connectivity index (χ0n) is 18.2. The number of amides is 1. The van der Waals surface area contributed by atoms with Gasteiger partial charge in [-0.2, -0.15) is 10.1 Å². The first-order valence-corrected chi connectivity index (χ1v) is 9.93. The number of carbonyl (C=O) groups is 1. The lowest BCUT2D eigenvalue weighted by Crippen LogP contribution is -2.17. The van der Waals surface area contributed by atoms with Crippen molar-refractivity contribution in [2.24, 2.45) is 7.05 Å². The molecule has 1 N–H and O–H groups in total. The SMILES string of the molecule is COc1ccc(OC)c(-c2cc(C(=O)Nc3ccccc3Cc3nc(C)no3)n(C)n2)c1. The zero-order valence-corrected chi connectivity index (χ0v) is 18.2. The van der Waals surface area contributed by atoms with Crippen LogP contribution in [0.4, 0.5) is 5.69 Å². The van der Waals surface area contributed by atoms with Crippen molar-refractivity contribution in [3.05, 3.63) is 71.5 Å². The Morgan fingerprint density at radius 2 is 1.94 bits per heavy atom. The Morgan fingerprint density at radius 3 is 2.66 bits per heavy atom.